The Morgan fingerprint density at radius 1 is 1.15 bits per heavy atom. The molecule has 2 aliphatic rings. The van der Waals surface area contributed by atoms with Gasteiger partial charge in [0.25, 0.3) is 0 Å². The maximum Gasteiger partial charge on any atom is 0.422 e. The van der Waals surface area contributed by atoms with Crippen molar-refractivity contribution in [1.29, 1.82) is 0 Å². The molecule has 0 radical (unpaired) electrons. The van der Waals surface area contributed by atoms with Gasteiger partial charge in [0.1, 0.15) is 0 Å². The molecule has 0 atom stereocenters. The number of ether oxygens (including phenoxy) is 1. The van der Waals surface area contributed by atoms with E-state index in [-0.39, 0.29) is 11.3 Å². The van der Waals surface area contributed by atoms with Crippen molar-refractivity contribution in [1.82, 2.24) is 9.80 Å². The van der Waals surface area contributed by atoms with Crippen LogP contribution >= 0.6 is 0 Å². The highest BCUT2D eigenvalue weighted by molar-refractivity contribution is 5.33. The fraction of sp³-hybridized carbons (Fsp3) is 0.619. The molecule has 150 valence electrons. The van der Waals surface area contributed by atoms with E-state index in [9.17, 15) is 13.2 Å². The van der Waals surface area contributed by atoms with Crippen LogP contribution in [0, 0.1) is 19.3 Å². The van der Waals surface area contributed by atoms with E-state index < -0.39 is 12.8 Å². The van der Waals surface area contributed by atoms with Gasteiger partial charge in [-0.15, -0.1) is 0 Å². The molecule has 0 saturated carbocycles. The normalized spacial score (nSPS) is 20.3. The third kappa shape index (κ3) is 4.98. The van der Waals surface area contributed by atoms with Gasteiger partial charge < -0.3 is 9.64 Å². The van der Waals surface area contributed by atoms with Crippen molar-refractivity contribution in [3.05, 3.63) is 47.4 Å². The van der Waals surface area contributed by atoms with Crippen LogP contribution in [0.4, 0.5) is 13.2 Å². The first-order valence-corrected chi connectivity index (χ1v) is 9.58. The largest absolute Gasteiger partial charge is 0.470 e. The number of nitrogens with zero attached hydrogens (tertiary/aromatic N) is 2. The van der Waals surface area contributed by atoms with E-state index in [1.54, 1.807) is 0 Å². The van der Waals surface area contributed by atoms with Gasteiger partial charge in [-0.2, -0.15) is 13.2 Å². The third-order valence-electron chi connectivity index (χ3n) is 6.21. The van der Waals surface area contributed by atoms with E-state index in [4.69, 9.17) is 4.74 Å². The zero-order valence-electron chi connectivity index (χ0n) is 16.2. The second-order valence-corrected chi connectivity index (χ2v) is 8.10. The summed E-state index contributed by atoms with van der Waals surface area (Å²) in [6, 6.07) is 6.47. The second kappa shape index (κ2) is 7.74. The van der Waals surface area contributed by atoms with Crippen LogP contribution in [0.5, 0.6) is 0 Å². The molecule has 1 aromatic carbocycles. The highest BCUT2D eigenvalue weighted by atomic mass is 19.4. The molecule has 3 rings (SSSR count). The van der Waals surface area contributed by atoms with Crippen LogP contribution in [-0.2, 0) is 11.3 Å². The molecule has 1 spiro atoms. The fourth-order valence-electron chi connectivity index (χ4n) is 4.28. The second-order valence-electron chi connectivity index (χ2n) is 8.10. The van der Waals surface area contributed by atoms with Gasteiger partial charge in [-0.1, -0.05) is 18.2 Å². The van der Waals surface area contributed by atoms with Gasteiger partial charge in [0.2, 0.25) is 0 Å². The van der Waals surface area contributed by atoms with Crippen LogP contribution in [0.2, 0.25) is 0 Å². The molecule has 0 N–H and O–H groups in total. The van der Waals surface area contributed by atoms with Gasteiger partial charge in [-0.25, -0.2) is 0 Å². The number of likely N-dealkylation sites (tertiary alicyclic amines) is 2. The zero-order valence-corrected chi connectivity index (χ0v) is 16.2. The predicted molar refractivity (Wildman–Crippen MR) is 100 cm³/mol. The van der Waals surface area contributed by atoms with E-state index in [1.807, 2.05) is 4.90 Å². The summed E-state index contributed by atoms with van der Waals surface area (Å²) < 4.78 is 41.7. The van der Waals surface area contributed by atoms with Gasteiger partial charge >= 0.3 is 6.18 Å². The molecule has 3 nitrogen and oxygen atoms in total. The van der Waals surface area contributed by atoms with Crippen molar-refractivity contribution in [2.75, 3.05) is 32.8 Å². The molecule has 2 heterocycles. The van der Waals surface area contributed by atoms with Gasteiger partial charge in [-0.05, 0) is 68.3 Å². The number of hydrogen-bond acceptors (Lipinski definition) is 3. The minimum absolute atomic E-state index is 0.146. The monoisotopic (exact) mass is 382 g/mol. The van der Waals surface area contributed by atoms with E-state index in [1.165, 1.54) is 16.7 Å². The highest BCUT2D eigenvalue weighted by Gasteiger charge is 2.41. The van der Waals surface area contributed by atoms with Crippen molar-refractivity contribution in [3.8, 4) is 0 Å². The van der Waals surface area contributed by atoms with Gasteiger partial charge in [0.15, 0.2) is 12.5 Å². The van der Waals surface area contributed by atoms with Crippen molar-refractivity contribution in [3.63, 3.8) is 0 Å². The van der Waals surface area contributed by atoms with E-state index in [0.717, 1.165) is 38.9 Å². The maximum atomic E-state index is 12.3. The molecule has 0 aliphatic carbocycles. The summed E-state index contributed by atoms with van der Waals surface area (Å²) in [6.45, 7) is 11.3. The Labute approximate surface area is 159 Å². The molecular weight excluding hydrogens is 353 g/mol. The number of hydrogen-bond donors (Lipinski definition) is 0. The molecular formula is C21H29F3N2O. The average Bonchev–Trinajstić information content (AvgIpc) is 2.99. The third-order valence-corrected chi connectivity index (χ3v) is 6.21. The van der Waals surface area contributed by atoms with Crippen LogP contribution in [0.3, 0.4) is 0 Å². The molecule has 0 aromatic heterocycles. The lowest BCUT2D eigenvalue weighted by molar-refractivity contribution is -0.170. The molecule has 2 saturated heterocycles. The molecule has 27 heavy (non-hydrogen) atoms. The minimum atomic E-state index is -4.32. The number of benzene rings is 1. The van der Waals surface area contributed by atoms with Crippen LogP contribution in [0.1, 0.15) is 36.0 Å². The maximum absolute atomic E-state index is 12.3. The minimum Gasteiger partial charge on any atom is -0.470 e. The van der Waals surface area contributed by atoms with Crippen molar-refractivity contribution in [2.45, 2.75) is 45.8 Å². The quantitative estimate of drug-likeness (QED) is 0.690. The highest BCUT2D eigenvalue weighted by Crippen LogP contribution is 2.41. The number of rotatable bonds is 5. The summed E-state index contributed by atoms with van der Waals surface area (Å²) in [4.78, 5) is 4.37. The summed E-state index contributed by atoms with van der Waals surface area (Å²) >= 11 is 0. The zero-order chi connectivity index (χ0) is 19.7. The number of aryl methyl sites for hydroxylation is 1. The summed E-state index contributed by atoms with van der Waals surface area (Å²) in [5.41, 5.74) is 4.36. The summed E-state index contributed by atoms with van der Waals surface area (Å²) in [5, 5.41) is 0. The molecule has 0 unspecified atom stereocenters. The summed E-state index contributed by atoms with van der Waals surface area (Å²) in [5.74, 6) is 0.146. The Balaban J connectivity index is 1.50. The summed E-state index contributed by atoms with van der Waals surface area (Å²) in [6.07, 6.45) is -1.21. The standard InChI is InChI=1S/C21H29F3N2O/c1-16-5-4-6-19(17(16)2)13-25-10-7-20(14-25)8-11-26(12-9-20)18(3)27-15-21(22,23)24/h4-6H,3,7-15H2,1-2H3. The smallest absolute Gasteiger partial charge is 0.422 e. The molecule has 2 fully saturated rings. The molecule has 0 bridgehead atoms. The van der Waals surface area contributed by atoms with E-state index in [2.05, 4.69) is 43.5 Å². The van der Waals surface area contributed by atoms with Crippen LogP contribution in [0.25, 0.3) is 0 Å². The Bertz CT molecular complexity index is 678. The summed E-state index contributed by atoms with van der Waals surface area (Å²) in [7, 11) is 0. The SMILES string of the molecule is C=C(OCC(F)(F)F)N1CCC2(CCN(Cc3cccc(C)c3C)C2)CC1. The van der Waals surface area contributed by atoms with Crippen molar-refractivity contribution >= 4 is 0 Å². The van der Waals surface area contributed by atoms with Crippen LogP contribution in [-0.4, -0.2) is 48.8 Å². The Morgan fingerprint density at radius 3 is 2.48 bits per heavy atom. The lowest BCUT2D eigenvalue weighted by Crippen LogP contribution is -2.41. The first kappa shape index (κ1) is 20.1. The Kier molecular flexibility index (Phi) is 5.75. The number of piperidine rings is 1. The Hall–Kier alpha value is -1.69. The van der Waals surface area contributed by atoms with Gasteiger partial charge in [0, 0.05) is 26.2 Å². The topological polar surface area (TPSA) is 15.7 Å². The molecule has 1 aromatic rings. The van der Waals surface area contributed by atoms with Crippen LogP contribution < -0.4 is 0 Å². The molecule has 0 amide bonds. The van der Waals surface area contributed by atoms with E-state index in [0.29, 0.717) is 13.1 Å². The average molecular weight is 382 g/mol. The fourth-order valence-corrected chi connectivity index (χ4v) is 4.28. The first-order chi connectivity index (χ1) is 12.7. The van der Waals surface area contributed by atoms with Crippen molar-refractivity contribution in [2.24, 2.45) is 5.41 Å². The Morgan fingerprint density at radius 2 is 1.81 bits per heavy atom. The molecule has 6 heteroatoms. The van der Waals surface area contributed by atoms with Crippen molar-refractivity contribution < 1.29 is 17.9 Å². The van der Waals surface area contributed by atoms with Crippen LogP contribution in [0.15, 0.2) is 30.7 Å². The van der Waals surface area contributed by atoms with E-state index >= 15 is 0 Å². The number of halogens is 3. The van der Waals surface area contributed by atoms with Gasteiger partial charge in [-0.3, -0.25) is 4.90 Å². The number of alkyl halides is 3. The first-order valence-electron chi connectivity index (χ1n) is 9.58. The molecule has 2 aliphatic heterocycles. The lowest BCUT2D eigenvalue weighted by atomic mass is 9.78. The lowest BCUT2D eigenvalue weighted by Gasteiger charge is -2.40. The predicted octanol–water partition coefficient (Wildman–Crippen LogP) is 4.64. The van der Waals surface area contributed by atoms with Gasteiger partial charge in [0.05, 0.1) is 0 Å².